The summed E-state index contributed by atoms with van der Waals surface area (Å²) in [5.74, 6) is -0.105. The fourth-order valence-electron chi connectivity index (χ4n) is 3.78. The summed E-state index contributed by atoms with van der Waals surface area (Å²) in [6, 6.07) is -0.256. The number of nitrogens with one attached hydrogen (secondary N) is 1. The average molecular weight is 336 g/mol. The number of amides is 1. The van der Waals surface area contributed by atoms with Crippen molar-refractivity contribution in [1.82, 2.24) is 20.0 Å². The summed E-state index contributed by atoms with van der Waals surface area (Å²) in [6.07, 6.45) is 6.45. The molecule has 3 rings (SSSR count). The molecule has 3 heterocycles. The van der Waals surface area contributed by atoms with Gasteiger partial charge in [-0.05, 0) is 26.2 Å². The summed E-state index contributed by atoms with van der Waals surface area (Å²) in [5, 5.41) is 17.6. The molecule has 2 saturated heterocycles. The molecule has 1 aromatic rings. The van der Waals surface area contributed by atoms with Gasteiger partial charge in [0.2, 0.25) is 5.91 Å². The largest absolute Gasteiger partial charge is 0.386 e. The van der Waals surface area contributed by atoms with Crippen molar-refractivity contribution < 1.29 is 14.6 Å². The highest BCUT2D eigenvalue weighted by Gasteiger charge is 2.48. The summed E-state index contributed by atoms with van der Waals surface area (Å²) in [5.41, 5.74) is -0.0260. The third-order valence-corrected chi connectivity index (χ3v) is 5.31. The second kappa shape index (κ2) is 6.46. The Bertz CT molecular complexity index is 590. The van der Waals surface area contributed by atoms with Gasteiger partial charge in [0.1, 0.15) is 5.60 Å². The van der Waals surface area contributed by atoms with E-state index >= 15 is 0 Å². The van der Waals surface area contributed by atoms with Gasteiger partial charge in [-0.1, -0.05) is 0 Å². The van der Waals surface area contributed by atoms with Gasteiger partial charge in [-0.15, -0.1) is 0 Å². The van der Waals surface area contributed by atoms with Crippen LogP contribution in [0.25, 0.3) is 0 Å². The molecule has 1 spiro atoms. The van der Waals surface area contributed by atoms with E-state index in [2.05, 4.69) is 15.3 Å². The molecule has 7 heteroatoms. The SMILES string of the molecule is CC(=O)N[C@H]1CC2(CCN(Cc3cnn(C)c3)CC2)OC[C@]1(C)O. The highest BCUT2D eigenvalue weighted by Crippen LogP contribution is 2.38. The Kier molecular flexibility index (Phi) is 4.68. The van der Waals surface area contributed by atoms with E-state index in [-0.39, 0.29) is 24.2 Å². The Labute approximate surface area is 143 Å². The van der Waals surface area contributed by atoms with E-state index in [1.54, 1.807) is 6.92 Å². The van der Waals surface area contributed by atoms with Gasteiger partial charge in [-0.2, -0.15) is 5.10 Å². The molecule has 0 unspecified atom stereocenters. The maximum Gasteiger partial charge on any atom is 0.217 e. The first kappa shape index (κ1) is 17.4. The summed E-state index contributed by atoms with van der Waals surface area (Å²) in [6.45, 7) is 6.29. The van der Waals surface area contributed by atoms with Crippen LogP contribution in [0.3, 0.4) is 0 Å². The van der Waals surface area contributed by atoms with E-state index in [4.69, 9.17) is 4.74 Å². The zero-order chi connectivity index (χ0) is 17.4. The van der Waals surface area contributed by atoms with Crippen LogP contribution in [0, 0.1) is 0 Å². The fraction of sp³-hybridized carbons (Fsp3) is 0.765. The van der Waals surface area contributed by atoms with Crippen LogP contribution in [0.15, 0.2) is 12.4 Å². The first-order valence-electron chi connectivity index (χ1n) is 8.61. The quantitative estimate of drug-likeness (QED) is 0.837. The summed E-state index contributed by atoms with van der Waals surface area (Å²) in [4.78, 5) is 13.9. The molecule has 7 nitrogen and oxygen atoms in total. The number of piperidine rings is 1. The number of ether oxygens (including phenoxy) is 1. The Morgan fingerprint density at radius 1 is 1.50 bits per heavy atom. The first-order chi connectivity index (χ1) is 11.3. The van der Waals surface area contributed by atoms with Gasteiger partial charge in [0, 0.05) is 45.4 Å². The van der Waals surface area contributed by atoms with Crippen LogP contribution in [-0.2, 0) is 23.1 Å². The van der Waals surface area contributed by atoms with Gasteiger partial charge >= 0.3 is 0 Å². The highest BCUT2D eigenvalue weighted by atomic mass is 16.5. The second-order valence-electron chi connectivity index (χ2n) is 7.58. The standard InChI is InChI=1S/C17H28N4O3/c1-13(22)19-15-8-17(24-12-16(15,2)23)4-6-21(7-5-17)11-14-9-18-20(3)10-14/h9-10,15,23H,4-8,11-12H2,1-3H3,(H,19,22)/t15-,16-/m0/s1. The Morgan fingerprint density at radius 3 is 2.79 bits per heavy atom. The van der Waals surface area contributed by atoms with Gasteiger partial charge in [-0.25, -0.2) is 0 Å². The minimum absolute atomic E-state index is 0.105. The molecular formula is C17H28N4O3. The van der Waals surface area contributed by atoms with Gasteiger partial charge in [0.05, 0.1) is 24.4 Å². The van der Waals surface area contributed by atoms with Crippen molar-refractivity contribution in [2.75, 3.05) is 19.7 Å². The minimum atomic E-state index is -1.01. The summed E-state index contributed by atoms with van der Waals surface area (Å²) >= 11 is 0. The monoisotopic (exact) mass is 336 g/mol. The number of hydrogen-bond donors (Lipinski definition) is 2. The molecular weight excluding hydrogens is 308 g/mol. The van der Waals surface area contributed by atoms with Crippen molar-refractivity contribution in [3.63, 3.8) is 0 Å². The third-order valence-electron chi connectivity index (χ3n) is 5.31. The van der Waals surface area contributed by atoms with Crippen LogP contribution in [0.1, 0.15) is 38.7 Å². The molecule has 2 N–H and O–H groups in total. The Morgan fingerprint density at radius 2 is 2.21 bits per heavy atom. The number of aromatic nitrogens is 2. The first-order valence-corrected chi connectivity index (χ1v) is 8.61. The van der Waals surface area contributed by atoms with Gasteiger partial charge < -0.3 is 15.2 Å². The van der Waals surface area contributed by atoms with Crippen molar-refractivity contribution in [2.24, 2.45) is 7.05 Å². The second-order valence-corrected chi connectivity index (χ2v) is 7.58. The maximum atomic E-state index is 11.4. The smallest absolute Gasteiger partial charge is 0.217 e. The number of aliphatic hydroxyl groups is 1. The molecule has 0 bridgehead atoms. The Balaban J connectivity index is 1.59. The lowest BCUT2D eigenvalue weighted by Gasteiger charge is -2.50. The number of likely N-dealkylation sites (tertiary alicyclic amines) is 1. The highest BCUT2D eigenvalue weighted by molar-refractivity contribution is 5.73. The molecule has 2 fully saturated rings. The fourth-order valence-corrected chi connectivity index (χ4v) is 3.78. The van der Waals surface area contributed by atoms with Crippen molar-refractivity contribution >= 4 is 5.91 Å². The van der Waals surface area contributed by atoms with E-state index in [0.29, 0.717) is 6.42 Å². The molecule has 0 aliphatic carbocycles. The molecule has 24 heavy (non-hydrogen) atoms. The Hall–Kier alpha value is -1.44. The number of rotatable bonds is 3. The van der Waals surface area contributed by atoms with Crippen molar-refractivity contribution in [2.45, 2.75) is 56.9 Å². The molecule has 2 aliphatic heterocycles. The number of hydrogen-bond acceptors (Lipinski definition) is 5. The van der Waals surface area contributed by atoms with E-state index < -0.39 is 5.60 Å². The lowest BCUT2D eigenvalue weighted by atomic mass is 9.77. The van der Waals surface area contributed by atoms with Gasteiger partial charge in [0.25, 0.3) is 0 Å². The topological polar surface area (TPSA) is 79.6 Å². The molecule has 0 aromatic carbocycles. The van der Waals surface area contributed by atoms with Crippen LogP contribution in [0.5, 0.6) is 0 Å². The predicted octanol–water partition coefficient (Wildman–Crippen LogP) is 0.431. The number of aryl methyl sites for hydroxylation is 1. The van der Waals surface area contributed by atoms with Gasteiger partial charge in [-0.3, -0.25) is 14.4 Å². The zero-order valence-corrected chi connectivity index (χ0v) is 14.8. The molecule has 134 valence electrons. The van der Waals surface area contributed by atoms with E-state index in [1.807, 2.05) is 24.1 Å². The predicted molar refractivity (Wildman–Crippen MR) is 89.2 cm³/mol. The molecule has 1 amide bonds. The molecule has 0 saturated carbocycles. The van der Waals surface area contributed by atoms with E-state index in [9.17, 15) is 9.90 Å². The normalized spacial score (nSPS) is 30.4. The van der Waals surface area contributed by atoms with Crippen molar-refractivity contribution in [3.8, 4) is 0 Å². The zero-order valence-electron chi connectivity index (χ0n) is 14.8. The van der Waals surface area contributed by atoms with Crippen LogP contribution < -0.4 is 5.32 Å². The molecule has 0 radical (unpaired) electrons. The summed E-state index contributed by atoms with van der Waals surface area (Å²) in [7, 11) is 1.93. The van der Waals surface area contributed by atoms with Crippen LogP contribution in [-0.4, -0.2) is 62.6 Å². The molecule has 1 aromatic heterocycles. The third kappa shape index (κ3) is 3.79. The van der Waals surface area contributed by atoms with Gasteiger partial charge in [0.15, 0.2) is 0 Å². The molecule has 2 atom stereocenters. The molecule has 2 aliphatic rings. The maximum absolute atomic E-state index is 11.4. The number of carbonyl (C=O) groups is 1. The minimum Gasteiger partial charge on any atom is -0.386 e. The average Bonchev–Trinajstić information content (AvgIpc) is 2.91. The van der Waals surface area contributed by atoms with E-state index in [0.717, 1.165) is 32.5 Å². The van der Waals surface area contributed by atoms with Crippen LogP contribution >= 0.6 is 0 Å². The van der Waals surface area contributed by atoms with Crippen LogP contribution in [0.4, 0.5) is 0 Å². The van der Waals surface area contributed by atoms with E-state index in [1.165, 1.54) is 12.5 Å². The van der Waals surface area contributed by atoms with Crippen molar-refractivity contribution in [1.29, 1.82) is 0 Å². The number of nitrogens with zero attached hydrogens (tertiary/aromatic N) is 3. The lowest BCUT2D eigenvalue weighted by Crippen LogP contribution is -2.63. The van der Waals surface area contributed by atoms with Crippen molar-refractivity contribution in [3.05, 3.63) is 18.0 Å². The lowest BCUT2D eigenvalue weighted by molar-refractivity contribution is -0.193. The summed E-state index contributed by atoms with van der Waals surface area (Å²) < 4.78 is 7.92. The van der Waals surface area contributed by atoms with Crippen LogP contribution in [0.2, 0.25) is 0 Å². The number of carbonyl (C=O) groups excluding carboxylic acids is 1.